The molecule has 98 valence electrons. The summed E-state index contributed by atoms with van der Waals surface area (Å²) in [6.45, 7) is 2.08. The molecule has 0 radical (unpaired) electrons. The maximum Gasteiger partial charge on any atom is 0.335 e. The monoisotopic (exact) mass is 275 g/mol. The van der Waals surface area contributed by atoms with E-state index in [4.69, 9.17) is 16.7 Å². The van der Waals surface area contributed by atoms with Crippen molar-refractivity contribution in [1.82, 2.24) is 4.98 Å². The summed E-state index contributed by atoms with van der Waals surface area (Å²) in [4.78, 5) is 15.3. The zero-order valence-electron chi connectivity index (χ0n) is 10.6. The Balaban J connectivity index is 2.24. The van der Waals surface area contributed by atoms with Gasteiger partial charge in [-0.3, -0.25) is 4.98 Å². The van der Waals surface area contributed by atoms with E-state index >= 15 is 0 Å². The maximum atomic E-state index is 11.0. The Bertz CT molecular complexity index is 594. The molecule has 1 aromatic heterocycles. The molecular weight excluding hydrogens is 262 g/mol. The van der Waals surface area contributed by atoms with Crippen molar-refractivity contribution in [2.75, 3.05) is 0 Å². The molecule has 0 unspecified atom stereocenters. The predicted molar refractivity (Wildman–Crippen MR) is 74.8 cm³/mol. The molecule has 0 bridgehead atoms. The van der Waals surface area contributed by atoms with Gasteiger partial charge in [-0.1, -0.05) is 24.6 Å². The second kappa shape index (κ2) is 5.85. The van der Waals surface area contributed by atoms with Gasteiger partial charge in [0, 0.05) is 23.3 Å². The van der Waals surface area contributed by atoms with Crippen LogP contribution < -0.4 is 0 Å². The quantitative estimate of drug-likeness (QED) is 0.928. The second-order valence-corrected chi connectivity index (χ2v) is 4.78. The lowest BCUT2D eigenvalue weighted by atomic mass is 10.1. The summed E-state index contributed by atoms with van der Waals surface area (Å²) in [7, 11) is 0. The van der Waals surface area contributed by atoms with Crippen molar-refractivity contribution in [3.8, 4) is 0 Å². The fourth-order valence-corrected chi connectivity index (χ4v) is 2.11. The third-order valence-electron chi connectivity index (χ3n) is 2.88. The molecule has 0 saturated heterocycles. The average molecular weight is 276 g/mol. The second-order valence-electron chi connectivity index (χ2n) is 4.34. The number of nitrogens with zero attached hydrogens (tertiary/aromatic N) is 1. The van der Waals surface area contributed by atoms with Crippen molar-refractivity contribution in [3.63, 3.8) is 0 Å². The third kappa shape index (κ3) is 3.55. The van der Waals surface area contributed by atoms with Crippen molar-refractivity contribution < 1.29 is 9.90 Å². The molecule has 2 rings (SSSR count). The number of halogens is 1. The Labute approximate surface area is 116 Å². The molecule has 1 heterocycles. The SMILES string of the molecule is CCc1ccc(Cc2cc(Cl)cc(C(=O)O)c2)nc1. The van der Waals surface area contributed by atoms with Crippen LogP contribution in [0.2, 0.25) is 5.02 Å². The van der Waals surface area contributed by atoms with Crippen molar-refractivity contribution >= 4 is 17.6 Å². The molecule has 0 spiro atoms. The lowest BCUT2D eigenvalue weighted by Crippen LogP contribution is -1.99. The lowest BCUT2D eigenvalue weighted by molar-refractivity contribution is 0.0697. The van der Waals surface area contributed by atoms with Crippen LogP contribution in [0.25, 0.3) is 0 Å². The molecule has 3 nitrogen and oxygen atoms in total. The first-order valence-corrected chi connectivity index (χ1v) is 6.43. The van der Waals surface area contributed by atoms with Crippen LogP contribution in [-0.4, -0.2) is 16.1 Å². The Kier molecular flexibility index (Phi) is 4.17. The van der Waals surface area contributed by atoms with E-state index in [-0.39, 0.29) is 5.56 Å². The zero-order chi connectivity index (χ0) is 13.8. The van der Waals surface area contributed by atoms with Gasteiger partial charge in [0.15, 0.2) is 0 Å². The Morgan fingerprint density at radius 2 is 2.05 bits per heavy atom. The van der Waals surface area contributed by atoms with Gasteiger partial charge in [0.2, 0.25) is 0 Å². The Hall–Kier alpha value is -1.87. The van der Waals surface area contributed by atoms with Gasteiger partial charge in [0.05, 0.1) is 5.56 Å². The van der Waals surface area contributed by atoms with E-state index in [2.05, 4.69) is 11.9 Å². The molecular formula is C15H14ClNO2. The Morgan fingerprint density at radius 1 is 1.26 bits per heavy atom. The van der Waals surface area contributed by atoms with Crippen LogP contribution in [0, 0.1) is 0 Å². The zero-order valence-corrected chi connectivity index (χ0v) is 11.3. The van der Waals surface area contributed by atoms with Crippen molar-refractivity contribution in [1.29, 1.82) is 0 Å². The van der Waals surface area contributed by atoms with E-state index in [0.29, 0.717) is 11.4 Å². The van der Waals surface area contributed by atoms with E-state index in [1.807, 2.05) is 18.3 Å². The first-order chi connectivity index (χ1) is 9.08. The minimum atomic E-state index is -0.974. The number of pyridine rings is 1. The van der Waals surface area contributed by atoms with Crippen LogP contribution in [0.5, 0.6) is 0 Å². The molecule has 1 N–H and O–H groups in total. The van der Waals surface area contributed by atoms with E-state index in [1.54, 1.807) is 12.1 Å². The molecule has 1 aromatic carbocycles. The summed E-state index contributed by atoms with van der Waals surface area (Å²) in [6.07, 6.45) is 3.37. The highest BCUT2D eigenvalue weighted by atomic mass is 35.5. The third-order valence-corrected chi connectivity index (χ3v) is 3.10. The molecule has 0 saturated carbocycles. The van der Waals surface area contributed by atoms with Crippen molar-refractivity contribution in [3.05, 3.63) is 63.9 Å². The van der Waals surface area contributed by atoms with Crippen LogP contribution >= 0.6 is 11.6 Å². The molecule has 4 heteroatoms. The largest absolute Gasteiger partial charge is 0.478 e. The van der Waals surface area contributed by atoms with Crippen LogP contribution in [0.1, 0.15) is 34.1 Å². The normalized spacial score (nSPS) is 10.4. The van der Waals surface area contributed by atoms with Gasteiger partial charge < -0.3 is 5.11 Å². The van der Waals surface area contributed by atoms with Gasteiger partial charge >= 0.3 is 5.97 Å². The van der Waals surface area contributed by atoms with Gasteiger partial charge in [-0.2, -0.15) is 0 Å². The van der Waals surface area contributed by atoms with Gasteiger partial charge in [0.25, 0.3) is 0 Å². The topological polar surface area (TPSA) is 50.2 Å². The predicted octanol–water partition coefficient (Wildman–Crippen LogP) is 3.59. The molecule has 0 aliphatic carbocycles. The molecule has 0 amide bonds. The molecule has 0 aliphatic rings. The fraction of sp³-hybridized carbons (Fsp3) is 0.200. The Morgan fingerprint density at radius 3 is 2.63 bits per heavy atom. The number of rotatable bonds is 4. The van der Waals surface area contributed by atoms with Gasteiger partial charge in [-0.15, -0.1) is 0 Å². The summed E-state index contributed by atoms with van der Waals surface area (Å²) >= 11 is 5.92. The van der Waals surface area contributed by atoms with E-state index in [9.17, 15) is 4.79 Å². The summed E-state index contributed by atoms with van der Waals surface area (Å²) in [6, 6.07) is 8.83. The van der Waals surface area contributed by atoms with Crippen LogP contribution in [0.15, 0.2) is 36.5 Å². The highest BCUT2D eigenvalue weighted by Gasteiger charge is 2.07. The number of hydrogen-bond acceptors (Lipinski definition) is 2. The number of hydrogen-bond donors (Lipinski definition) is 1. The highest BCUT2D eigenvalue weighted by Crippen LogP contribution is 2.18. The number of carbonyl (C=O) groups is 1. The lowest BCUT2D eigenvalue weighted by Gasteiger charge is -2.05. The fourth-order valence-electron chi connectivity index (χ4n) is 1.85. The summed E-state index contributed by atoms with van der Waals surface area (Å²) in [5.41, 5.74) is 3.13. The summed E-state index contributed by atoms with van der Waals surface area (Å²) < 4.78 is 0. The van der Waals surface area contributed by atoms with Gasteiger partial charge in [-0.25, -0.2) is 4.79 Å². The summed E-state index contributed by atoms with van der Waals surface area (Å²) in [5, 5.41) is 9.42. The maximum absolute atomic E-state index is 11.0. The number of benzene rings is 1. The van der Waals surface area contributed by atoms with Crippen molar-refractivity contribution in [2.24, 2.45) is 0 Å². The van der Waals surface area contributed by atoms with E-state index in [1.165, 1.54) is 11.6 Å². The first-order valence-electron chi connectivity index (χ1n) is 6.05. The number of aryl methyl sites for hydroxylation is 1. The molecule has 0 aliphatic heterocycles. The van der Waals surface area contributed by atoms with Crippen LogP contribution in [0.4, 0.5) is 0 Å². The standard InChI is InChI=1S/C15H14ClNO2/c1-2-10-3-4-14(17-9-10)7-11-5-12(15(18)19)8-13(16)6-11/h3-6,8-9H,2,7H2,1H3,(H,18,19). The number of aromatic nitrogens is 1. The molecule has 0 atom stereocenters. The molecule has 2 aromatic rings. The van der Waals surface area contributed by atoms with E-state index < -0.39 is 5.97 Å². The number of carboxylic acid groups (broad SMARTS) is 1. The number of carboxylic acids is 1. The van der Waals surface area contributed by atoms with E-state index in [0.717, 1.165) is 17.7 Å². The van der Waals surface area contributed by atoms with Gasteiger partial charge in [-0.05, 0) is 41.8 Å². The molecule has 0 fully saturated rings. The summed E-state index contributed by atoms with van der Waals surface area (Å²) in [5.74, 6) is -0.974. The first kappa shape index (κ1) is 13.6. The van der Waals surface area contributed by atoms with Gasteiger partial charge in [0.1, 0.15) is 0 Å². The van der Waals surface area contributed by atoms with Crippen molar-refractivity contribution in [2.45, 2.75) is 19.8 Å². The smallest absolute Gasteiger partial charge is 0.335 e. The molecule has 19 heavy (non-hydrogen) atoms. The average Bonchev–Trinajstić information content (AvgIpc) is 2.39. The van der Waals surface area contributed by atoms with Crippen LogP contribution in [0.3, 0.4) is 0 Å². The minimum Gasteiger partial charge on any atom is -0.478 e. The van der Waals surface area contributed by atoms with Crippen LogP contribution in [-0.2, 0) is 12.8 Å². The highest BCUT2D eigenvalue weighted by molar-refractivity contribution is 6.31. The number of aromatic carboxylic acids is 1. The minimum absolute atomic E-state index is 0.202.